The maximum atomic E-state index is 5.90. The highest BCUT2D eigenvalue weighted by molar-refractivity contribution is 5.80. The van der Waals surface area contributed by atoms with Gasteiger partial charge in [-0.05, 0) is 39.0 Å². The predicted molar refractivity (Wildman–Crippen MR) is 83.6 cm³/mol. The van der Waals surface area contributed by atoms with Gasteiger partial charge in [-0.3, -0.25) is 4.99 Å². The summed E-state index contributed by atoms with van der Waals surface area (Å²) in [5.41, 5.74) is 0.373. The Kier molecular flexibility index (Phi) is 4.69. The van der Waals surface area contributed by atoms with E-state index in [1.165, 1.54) is 25.7 Å². The van der Waals surface area contributed by atoms with Crippen LogP contribution in [0.2, 0.25) is 0 Å². The fourth-order valence-electron chi connectivity index (χ4n) is 4.02. The number of aliphatic imine (C=N–C) groups is 1. The van der Waals surface area contributed by atoms with Crippen molar-refractivity contribution >= 4 is 5.96 Å². The van der Waals surface area contributed by atoms with Crippen LogP contribution in [0.25, 0.3) is 0 Å². The summed E-state index contributed by atoms with van der Waals surface area (Å²) in [6.07, 6.45) is 8.15. The summed E-state index contributed by atoms with van der Waals surface area (Å²) in [6, 6.07) is 0.512. The predicted octanol–water partition coefficient (Wildman–Crippen LogP) is 1.68. The minimum absolute atomic E-state index is 0.346. The molecule has 0 aromatic carbocycles. The second-order valence-corrected chi connectivity index (χ2v) is 6.55. The number of rotatable bonds is 5. The summed E-state index contributed by atoms with van der Waals surface area (Å²) in [4.78, 5) is 4.36. The quantitative estimate of drug-likeness (QED) is 0.598. The molecule has 1 saturated heterocycles. The minimum Gasteiger partial charge on any atom is -0.378 e. The van der Waals surface area contributed by atoms with Crippen LogP contribution in [0.5, 0.6) is 0 Å². The van der Waals surface area contributed by atoms with Crippen LogP contribution in [0.1, 0.15) is 45.4 Å². The molecular formula is C16H29N3O2. The lowest BCUT2D eigenvalue weighted by Gasteiger charge is -2.61. The average molecular weight is 295 g/mol. The third kappa shape index (κ3) is 2.90. The van der Waals surface area contributed by atoms with Crippen LogP contribution in [0, 0.1) is 5.41 Å². The Morgan fingerprint density at radius 1 is 1.38 bits per heavy atom. The smallest absolute Gasteiger partial charge is 0.191 e. The molecule has 1 spiro atoms. The molecule has 2 N–H and O–H groups in total. The van der Waals surface area contributed by atoms with E-state index in [4.69, 9.17) is 9.47 Å². The van der Waals surface area contributed by atoms with Gasteiger partial charge in [-0.25, -0.2) is 0 Å². The van der Waals surface area contributed by atoms with Gasteiger partial charge in [-0.1, -0.05) is 6.42 Å². The van der Waals surface area contributed by atoms with Gasteiger partial charge in [0.2, 0.25) is 0 Å². The van der Waals surface area contributed by atoms with Crippen molar-refractivity contribution < 1.29 is 9.47 Å². The number of ether oxygens (including phenoxy) is 2. The third-order valence-electron chi connectivity index (χ3n) is 5.49. The van der Waals surface area contributed by atoms with Crippen molar-refractivity contribution in [1.82, 2.24) is 10.6 Å². The number of guanidine groups is 1. The molecule has 5 heteroatoms. The molecule has 3 atom stereocenters. The van der Waals surface area contributed by atoms with Crippen LogP contribution >= 0.6 is 0 Å². The van der Waals surface area contributed by atoms with Crippen molar-refractivity contribution in [3.05, 3.63) is 0 Å². The molecule has 3 unspecified atom stereocenters. The molecule has 0 radical (unpaired) electrons. The summed E-state index contributed by atoms with van der Waals surface area (Å²) in [6.45, 7) is 4.68. The van der Waals surface area contributed by atoms with E-state index in [0.29, 0.717) is 23.7 Å². The standard InChI is InChI=1S/C16H29N3O2/c1-3-20-14-10-13(16(14)7-5-8-16)19-15(17-2)18-11-12-6-4-9-21-12/h12-14H,3-11H2,1-2H3,(H2,17,18,19). The van der Waals surface area contributed by atoms with Gasteiger partial charge in [0, 0.05) is 38.3 Å². The minimum atomic E-state index is 0.346. The SMILES string of the molecule is CCOC1CC(NC(=NC)NCC2CCCO2)C12CCC2. The Morgan fingerprint density at radius 2 is 2.24 bits per heavy atom. The zero-order valence-electron chi connectivity index (χ0n) is 13.4. The highest BCUT2D eigenvalue weighted by Gasteiger charge is 2.59. The van der Waals surface area contributed by atoms with Gasteiger partial charge in [-0.2, -0.15) is 0 Å². The van der Waals surface area contributed by atoms with Crippen molar-refractivity contribution in [2.45, 2.75) is 63.7 Å². The van der Waals surface area contributed by atoms with Crippen LogP contribution in [0.4, 0.5) is 0 Å². The third-order valence-corrected chi connectivity index (χ3v) is 5.49. The van der Waals surface area contributed by atoms with E-state index >= 15 is 0 Å². The second-order valence-electron chi connectivity index (χ2n) is 6.55. The van der Waals surface area contributed by atoms with E-state index in [-0.39, 0.29) is 0 Å². The Labute approximate surface area is 127 Å². The molecule has 3 rings (SSSR count). The van der Waals surface area contributed by atoms with Crippen LogP contribution in [0.15, 0.2) is 4.99 Å². The van der Waals surface area contributed by atoms with Gasteiger partial charge < -0.3 is 20.1 Å². The molecule has 0 bridgehead atoms. The molecule has 21 heavy (non-hydrogen) atoms. The molecule has 3 fully saturated rings. The van der Waals surface area contributed by atoms with Crippen LogP contribution < -0.4 is 10.6 Å². The topological polar surface area (TPSA) is 54.9 Å². The van der Waals surface area contributed by atoms with Crippen molar-refractivity contribution in [2.75, 3.05) is 26.8 Å². The van der Waals surface area contributed by atoms with Crippen LogP contribution in [-0.2, 0) is 9.47 Å². The van der Waals surface area contributed by atoms with Crippen molar-refractivity contribution in [2.24, 2.45) is 10.4 Å². The molecule has 1 heterocycles. The molecule has 0 amide bonds. The van der Waals surface area contributed by atoms with Gasteiger partial charge in [0.15, 0.2) is 5.96 Å². The number of hydrogen-bond donors (Lipinski definition) is 2. The zero-order chi connectivity index (χ0) is 14.7. The van der Waals surface area contributed by atoms with Crippen molar-refractivity contribution in [3.63, 3.8) is 0 Å². The average Bonchev–Trinajstić information content (AvgIpc) is 2.92. The summed E-state index contributed by atoms with van der Waals surface area (Å²) in [7, 11) is 1.84. The van der Waals surface area contributed by atoms with Gasteiger partial charge >= 0.3 is 0 Å². The van der Waals surface area contributed by atoms with Gasteiger partial charge in [-0.15, -0.1) is 0 Å². The molecule has 120 valence electrons. The first-order valence-electron chi connectivity index (χ1n) is 8.49. The van der Waals surface area contributed by atoms with Gasteiger partial charge in [0.1, 0.15) is 0 Å². The Hall–Kier alpha value is -0.810. The van der Waals surface area contributed by atoms with Crippen LogP contribution in [-0.4, -0.2) is 51.0 Å². The van der Waals surface area contributed by atoms with E-state index < -0.39 is 0 Å². The first kappa shape index (κ1) is 15.1. The van der Waals surface area contributed by atoms with E-state index in [0.717, 1.165) is 38.6 Å². The molecule has 0 aromatic rings. The second kappa shape index (κ2) is 6.53. The Morgan fingerprint density at radius 3 is 2.81 bits per heavy atom. The molecule has 2 saturated carbocycles. The van der Waals surface area contributed by atoms with Crippen molar-refractivity contribution in [1.29, 1.82) is 0 Å². The van der Waals surface area contributed by atoms with E-state index in [2.05, 4.69) is 22.5 Å². The van der Waals surface area contributed by atoms with E-state index in [1.807, 2.05) is 7.05 Å². The first-order valence-corrected chi connectivity index (χ1v) is 8.49. The largest absolute Gasteiger partial charge is 0.378 e. The zero-order valence-corrected chi connectivity index (χ0v) is 13.4. The summed E-state index contributed by atoms with van der Waals surface area (Å²) < 4.78 is 11.6. The lowest BCUT2D eigenvalue weighted by Crippen LogP contribution is -2.68. The first-order chi connectivity index (χ1) is 10.3. The van der Waals surface area contributed by atoms with E-state index in [1.54, 1.807) is 0 Å². The molecule has 3 aliphatic rings. The molecule has 2 aliphatic carbocycles. The van der Waals surface area contributed by atoms with Gasteiger partial charge in [0.05, 0.1) is 12.2 Å². The monoisotopic (exact) mass is 295 g/mol. The Balaban J connectivity index is 1.48. The summed E-state index contributed by atoms with van der Waals surface area (Å²) in [5.74, 6) is 0.914. The fraction of sp³-hybridized carbons (Fsp3) is 0.938. The maximum absolute atomic E-state index is 5.90. The fourth-order valence-corrected chi connectivity index (χ4v) is 4.02. The molecule has 0 aromatic heterocycles. The Bertz CT molecular complexity index is 376. The summed E-state index contributed by atoms with van der Waals surface area (Å²) >= 11 is 0. The van der Waals surface area contributed by atoms with E-state index in [9.17, 15) is 0 Å². The van der Waals surface area contributed by atoms with Crippen LogP contribution in [0.3, 0.4) is 0 Å². The lowest BCUT2D eigenvalue weighted by atomic mass is 9.51. The highest BCUT2D eigenvalue weighted by atomic mass is 16.5. The highest BCUT2D eigenvalue weighted by Crippen LogP contribution is 2.57. The number of nitrogens with one attached hydrogen (secondary N) is 2. The normalized spacial score (nSPS) is 34.4. The lowest BCUT2D eigenvalue weighted by molar-refractivity contribution is -0.168. The van der Waals surface area contributed by atoms with Crippen molar-refractivity contribution in [3.8, 4) is 0 Å². The summed E-state index contributed by atoms with van der Waals surface area (Å²) in [5, 5.41) is 7.03. The maximum Gasteiger partial charge on any atom is 0.191 e. The molecular weight excluding hydrogens is 266 g/mol. The van der Waals surface area contributed by atoms with Gasteiger partial charge in [0.25, 0.3) is 0 Å². The number of nitrogens with zero attached hydrogens (tertiary/aromatic N) is 1. The molecule has 1 aliphatic heterocycles. The number of hydrogen-bond acceptors (Lipinski definition) is 3. The molecule has 5 nitrogen and oxygen atoms in total.